The topological polar surface area (TPSA) is 54.2 Å². The minimum atomic E-state index is -4.60. The number of aromatic nitrogens is 3. The minimum absolute atomic E-state index is 0.141. The van der Waals surface area contributed by atoms with Gasteiger partial charge in [0.25, 0.3) is 5.82 Å². The van der Waals surface area contributed by atoms with E-state index in [1.165, 1.54) is 15.1 Å². The Morgan fingerprint density at radius 3 is 2.33 bits per heavy atom. The summed E-state index contributed by atoms with van der Waals surface area (Å²) in [5.74, 6) is -0.499. The van der Waals surface area contributed by atoms with Gasteiger partial charge in [-0.05, 0) is 73.0 Å². The van der Waals surface area contributed by atoms with Crippen LogP contribution in [0.4, 0.5) is 19.1 Å². The Kier molecular flexibility index (Phi) is 6.42. The van der Waals surface area contributed by atoms with Gasteiger partial charge in [0.15, 0.2) is 0 Å². The van der Waals surface area contributed by atoms with Crippen LogP contribution in [0, 0.1) is 13.0 Å². The highest BCUT2D eigenvalue weighted by atomic mass is 32.1. The second kappa shape index (κ2) is 8.69. The zero-order valence-electron chi connectivity index (χ0n) is 16.8. The number of hydrogen-bond donors (Lipinski definition) is 2. The summed E-state index contributed by atoms with van der Waals surface area (Å²) in [6.45, 7) is 1.90. The van der Waals surface area contributed by atoms with Crippen molar-refractivity contribution in [3.05, 3.63) is 59.4 Å². The van der Waals surface area contributed by atoms with E-state index in [1.54, 1.807) is 14.1 Å². The number of alkyl halides is 3. The van der Waals surface area contributed by atoms with Crippen LogP contribution in [0.25, 0.3) is 16.8 Å². The lowest BCUT2D eigenvalue weighted by Crippen LogP contribution is -2.16. The molecule has 159 valence electrons. The molecule has 1 aliphatic carbocycles. The van der Waals surface area contributed by atoms with E-state index < -0.39 is 12.0 Å². The summed E-state index contributed by atoms with van der Waals surface area (Å²) < 4.78 is 47.6. The molecule has 0 amide bonds. The summed E-state index contributed by atoms with van der Waals surface area (Å²) in [7, 11) is 3.31. The largest absolute Gasteiger partial charge is 0.453 e. The third-order valence-corrected chi connectivity index (χ3v) is 4.89. The molecule has 1 saturated carbocycles. The molecular formula is C21H22F3N4OS. The number of aryl methyl sites for hydroxylation is 1. The predicted octanol–water partition coefficient (Wildman–Crippen LogP) is 5.39. The number of halogens is 3. The van der Waals surface area contributed by atoms with Crippen LogP contribution >= 0.6 is 12.9 Å². The second-order valence-corrected chi connectivity index (χ2v) is 7.33. The standard InChI is InChI=1S/C21H20F3N4.H2OS/c1-13-11-16(15-9-10-15)17(14-7-5-4-6-8-14)12-18(13)28-20(27(2)3)25-19(26-28)21(22,23)24;1-2/h5-8,11-12,15H,9-10H2,1-3H3;1-2H. The molecule has 30 heavy (non-hydrogen) atoms. The van der Waals surface area contributed by atoms with E-state index in [0.717, 1.165) is 29.5 Å². The maximum Gasteiger partial charge on any atom is 0.453 e. The van der Waals surface area contributed by atoms with Crippen molar-refractivity contribution in [1.29, 1.82) is 0 Å². The van der Waals surface area contributed by atoms with E-state index in [0.29, 0.717) is 11.6 Å². The monoisotopic (exact) mass is 435 g/mol. The highest BCUT2D eigenvalue weighted by Gasteiger charge is 2.38. The Hall–Kier alpha value is -2.52. The highest BCUT2D eigenvalue weighted by Crippen LogP contribution is 2.46. The molecule has 1 aliphatic rings. The number of rotatable bonds is 4. The van der Waals surface area contributed by atoms with E-state index in [-0.39, 0.29) is 5.95 Å². The molecule has 1 aromatic heterocycles. The molecule has 0 unspecified atom stereocenters. The quantitative estimate of drug-likeness (QED) is 0.426. The molecule has 1 radical (unpaired) electrons. The molecule has 3 aromatic rings. The van der Waals surface area contributed by atoms with Gasteiger partial charge in [-0.15, -0.1) is 5.10 Å². The van der Waals surface area contributed by atoms with Crippen molar-refractivity contribution >= 4 is 18.9 Å². The van der Waals surface area contributed by atoms with Crippen LogP contribution in [-0.4, -0.2) is 33.4 Å². The number of nitrogens with zero attached hydrogens (tertiary/aromatic N) is 4. The first-order valence-electron chi connectivity index (χ1n) is 9.28. The highest BCUT2D eigenvalue weighted by molar-refractivity contribution is 7.74. The van der Waals surface area contributed by atoms with Crippen molar-refractivity contribution in [1.82, 2.24) is 14.8 Å². The molecule has 1 fully saturated rings. The van der Waals surface area contributed by atoms with E-state index in [4.69, 9.17) is 4.55 Å². The molecule has 2 aromatic carbocycles. The second-order valence-electron chi connectivity index (χ2n) is 7.33. The SMILES string of the molecule is Cc1cc(C2CC2)c(-c2cc[c]cc2)cc1-n1nc(C(F)(F)F)nc1N(C)C.OS. The average Bonchev–Trinajstić information content (AvgIpc) is 3.46. The van der Waals surface area contributed by atoms with Crippen LogP contribution in [0.15, 0.2) is 36.4 Å². The van der Waals surface area contributed by atoms with Gasteiger partial charge in [0.2, 0.25) is 5.95 Å². The first-order chi connectivity index (χ1) is 14.3. The summed E-state index contributed by atoms with van der Waals surface area (Å²) in [6, 6.07) is 14.6. The molecule has 4 rings (SSSR count). The number of thiol groups is 1. The van der Waals surface area contributed by atoms with Crippen molar-refractivity contribution in [3.63, 3.8) is 0 Å². The fourth-order valence-corrected chi connectivity index (χ4v) is 3.37. The Bertz CT molecular complexity index is 1020. The first-order valence-corrected chi connectivity index (χ1v) is 9.68. The Balaban J connectivity index is 0.00000124. The third kappa shape index (κ3) is 4.46. The van der Waals surface area contributed by atoms with Crippen LogP contribution in [-0.2, 0) is 6.18 Å². The van der Waals surface area contributed by atoms with E-state index >= 15 is 0 Å². The van der Waals surface area contributed by atoms with Gasteiger partial charge in [-0.25, -0.2) is 0 Å². The Morgan fingerprint density at radius 2 is 1.80 bits per heavy atom. The molecule has 1 N–H and O–H groups in total. The van der Waals surface area contributed by atoms with E-state index in [2.05, 4.69) is 35.1 Å². The molecule has 0 bridgehead atoms. The number of benzene rings is 2. The lowest BCUT2D eigenvalue weighted by atomic mass is 9.94. The summed E-state index contributed by atoms with van der Waals surface area (Å²) >= 11 is 2.53. The predicted molar refractivity (Wildman–Crippen MR) is 113 cm³/mol. The van der Waals surface area contributed by atoms with Gasteiger partial charge in [-0.2, -0.15) is 22.8 Å². The fourth-order valence-electron chi connectivity index (χ4n) is 3.37. The Morgan fingerprint density at radius 1 is 1.17 bits per heavy atom. The summed E-state index contributed by atoms with van der Waals surface area (Å²) in [5.41, 5.74) is 4.74. The van der Waals surface area contributed by atoms with Gasteiger partial charge in [0, 0.05) is 14.1 Å². The van der Waals surface area contributed by atoms with Gasteiger partial charge >= 0.3 is 6.18 Å². The molecule has 0 spiro atoms. The first kappa shape index (κ1) is 22.2. The summed E-state index contributed by atoms with van der Waals surface area (Å²) in [6.07, 6.45) is -2.33. The maximum atomic E-state index is 13.2. The lowest BCUT2D eigenvalue weighted by Gasteiger charge is -2.18. The maximum absolute atomic E-state index is 13.2. The average molecular weight is 435 g/mol. The molecule has 0 saturated heterocycles. The Labute approximate surface area is 178 Å². The van der Waals surface area contributed by atoms with E-state index in [9.17, 15) is 13.2 Å². The summed E-state index contributed by atoms with van der Waals surface area (Å²) in [4.78, 5) is 5.25. The van der Waals surface area contributed by atoms with Crippen LogP contribution in [0.1, 0.15) is 35.7 Å². The van der Waals surface area contributed by atoms with Crippen molar-refractivity contribution < 1.29 is 17.7 Å². The van der Waals surface area contributed by atoms with Gasteiger partial charge in [-0.3, -0.25) is 0 Å². The molecule has 5 nitrogen and oxygen atoms in total. The molecule has 9 heteroatoms. The van der Waals surface area contributed by atoms with Gasteiger partial charge in [0.1, 0.15) is 0 Å². The molecule has 0 atom stereocenters. The minimum Gasteiger partial charge on any atom is -0.347 e. The molecule has 0 aliphatic heterocycles. The van der Waals surface area contributed by atoms with Gasteiger partial charge in [-0.1, -0.05) is 30.3 Å². The molecular weight excluding hydrogens is 413 g/mol. The van der Waals surface area contributed by atoms with E-state index in [1.807, 2.05) is 37.3 Å². The molecule has 1 heterocycles. The lowest BCUT2D eigenvalue weighted by molar-refractivity contribution is -0.144. The normalized spacial score (nSPS) is 13.6. The fraction of sp³-hybridized carbons (Fsp3) is 0.333. The zero-order valence-corrected chi connectivity index (χ0v) is 17.7. The third-order valence-electron chi connectivity index (χ3n) is 4.89. The van der Waals surface area contributed by atoms with Crippen molar-refractivity contribution in [2.24, 2.45) is 0 Å². The smallest absolute Gasteiger partial charge is 0.347 e. The van der Waals surface area contributed by atoms with Crippen LogP contribution in [0.2, 0.25) is 0 Å². The number of anilines is 1. The summed E-state index contributed by atoms with van der Waals surface area (Å²) in [5, 5.41) is 3.79. The van der Waals surface area contributed by atoms with Gasteiger partial charge < -0.3 is 9.45 Å². The van der Waals surface area contributed by atoms with Crippen LogP contribution < -0.4 is 4.90 Å². The number of hydrogen-bond acceptors (Lipinski definition) is 5. The van der Waals surface area contributed by atoms with Crippen LogP contribution in [0.3, 0.4) is 0 Å². The van der Waals surface area contributed by atoms with Crippen LogP contribution in [0.5, 0.6) is 0 Å². The van der Waals surface area contributed by atoms with Gasteiger partial charge in [0.05, 0.1) is 5.69 Å². The van der Waals surface area contributed by atoms with Crippen molar-refractivity contribution in [3.8, 4) is 16.8 Å². The van der Waals surface area contributed by atoms with Crippen molar-refractivity contribution in [2.75, 3.05) is 19.0 Å². The van der Waals surface area contributed by atoms with Crippen molar-refractivity contribution in [2.45, 2.75) is 31.9 Å². The zero-order chi connectivity index (χ0) is 22.1.